The molecule has 1 aliphatic carbocycles. The fraction of sp³-hybridized carbons (Fsp3) is 0.538. The molecular formula is C13H16F3NO. The summed E-state index contributed by atoms with van der Waals surface area (Å²) in [5.41, 5.74) is 1.87. The van der Waals surface area contributed by atoms with Gasteiger partial charge in [-0.25, -0.2) is 0 Å². The zero-order valence-electron chi connectivity index (χ0n) is 10.2. The van der Waals surface area contributed by atoms with Gasteiger partial charge in [0.2, 0.25) is 0 Å². The Morgan fingerprint density at radius 1 is 1.39 bits per heavy atom. The van der Waals surface area contributed by atoms with Crippen LogP contribution in [0.25, 0.3) is 0 Å². The van der Waals surface area contributed by atoms with E-state index in [0.717, 1.165) is 30.4 Å². The number of aromatic hydroxyl groups is 1. The van der Waals surface area contributed by atoms with Gasteiger partial charge in [0.1, 0.15) is 5.75 Å². The predicted molar refractivity (Wildman–Crippen MR) is 62.5 cm³/mol. The molecule has 0 radical (unpaired) electrons. The Morgan fingerprint density at radius 2 is 2.11 bits per heavy atom. The van der Waals surface area contributed by atoms with Gasteiger partial charge in [-0.05, 0) is 49.6 Å². The van der Waals surface area contributed by atoms with E-state index >= 15 is 0 Å². The van der Waals surface area contributed by atoms with Crippen LogP contribution in [0.4, 0.5) is 13.2 Å². The van der Waals surface area contributed by atoms with E-state index in [4.69, 9.17) is 0 Å². The summed E-state index contributed by atoms with van der Waals surface area (Å²) in [5.74, 6) is 0.174. The molecule has 1 unspecified atom stereocenters. The van der Waals surface area contributed by atoms with Crippen LogP contribution in [-0.2, 0) is 6.42 Å². The van der Waals surface area contributed by atoms with Crippen LogP contribution >= 0.6 is 0 Å². The number of alkyl halides is 3. The van der Waals surface area contributed by atoms with Crippen molar-refractivity contribution in [3.63, 3.8) is 0 Å². The van der Waals surface area contributed by atoms with Crippen molar-refractivity contribution < 1.29 is 18.3 Å². The Labute approximate surface area is 104 Å². The Morgan fingerprint density at radius 3 is 2.78 bits per heavy atom. The van der Waals surface area contributed by atoms with Gasteiger partial charge in [-0.15, -0.1) is 0 Å². The second-order valence-electron chi connectivity index (χ2n) is 4.82. The highest BCUT2D eigenvalue weighted by Gasteiger charge is 2.33. The number of hydrogen-bond donors (Lipinski definition) is 1. The minimum atomic E-state index is -4.18. The molecule has 0 aliphatic heterocycles. The SMILES string of the molecule is CN(CC(F)(F)F)C1CCCc2cc(O)ccc21. The topological polar surface area (TPSA) is 23.5 Å². The van der Waals surface area contributed by atoms with Gasteiger partial charge < -0.3 is 5.11 Å². The van der Waals surface area contributed by atoms with Crippen LogP contribution in [0.3, 0.4) is 0 Å². The quantitative estimate of drug-likeness (QED) is 0.881. The summed E-state index contributed by atoms with van der Waals surface area (Å²) in [5, 5.41) is 9.41. The van der Waals surface area contributed by atoms with Crippen molar-refractivity contribution in [3.8, 4) is 5.75 Å². The maximum atomic E-state index is 12.4. The molecule has 1 N–H and O–H groups in total. The molecule has 0 saturated heterocycles. The molecule has 0 saturated carbocycles. The minimum Gasteiger partial charge on any atom is -0.508 e. The lowest BCUT2D eigenvalue weighted by Crippen LogP contribution is -2.35. The zero-order chi connectivity index (χ0) is 13.3. The first-order valence-electron chi connectivity index (χ1n) is 5.95. The Hall–Kier alpha value is -1.23. The van der Waals surface area contributed by atoms with E-state index < -0.39 is 12.7 Å². The standard InChI is InChI=1S/C13H16F3NO/c1-17(8-13(14,15)16)12-4-2-3-9-7-10(18)5-6-11(9)12/h5-7,12,18H,2-4,8H2,1H3. The Kier molecular flexibility index (Phi) is 3.52. The molecule has 1 aliphatic rings. The van der Waals surface area contributed by atoms with Gasteiger partial charge in [0, 0.05) is 6.04 Å². The van der Waals surface area contributed by atoms with Crippen LogP contribution in [-0.4, -0.2) is 29.8 Å². The fourth-order valence-corrected chi connectivity index (χ4v) is 2.63. The van der Waals surface area contributed by atoms with E-state index in [1.165, 1.54) is 11.9 Å². The third-order valence-electron chi connectivity index (χ3n) is 3.37. The Balaban J connectivity index is 2.22. The minimum absolute atomic E-state index is 0.174. The summed E-state index contributed by atoms with van der Waals surface area (Å²) < 4.78 is 37.3. The van der Waals surface area contributed by atoms with Gasteiger partial charge in [0.25, 0.3) is 0 Å². The smallest absolute Gasteiger partial charge is 0.401 e. The molecule has 2 rings (SSSR count). The average molecular weight is 259 g/mol. The lowest BCUT2D eigenvalue weighted by molar-refractivity contribution is -0.148. The van der Waals surface area contributed by atoms with Gasteiger partial charge in [-0.1, -0.05) is 6.07 Å². The van der Waals surface area contributed by atoms with E-state index in [1.54, 1.807) is 18.2 Å². The van der Waals surface area contributed by atoms with Crippen molar-refractivity contribution in [1.82, 2.24) is 4.90 Å². The van der Waals surface area contributed by atoms with Crippen molar-refractivity contribution in [1.29, 1.82) is 0 Å². The second-order valence-corrected chi connectivity index (χ2v) is 4.82. The van der Waals surface area contributed by atoms with Crippen molar-refractivity contribution in [2.75, 3.05) is 13.6 Å². The largest absolute Gasteiger partial charge is 0.508 e. The molecule has 18 heavy (non-hydrogen) atoms. The monoisotopic (exact) mass is 259 g/mol. The molecule has 2 nitrogen and oxygen atoms in total. The van der Waals surface area contributed by atoms with Crippen LogP contribution in [0.1, 0.15) is 30.0 Å². The highest BCUT2D eigenvalue weighted by atomic mass is 19.4. The number of aryl methyl sites for hydroxylation is 1. The summed E-state index contributed by atoms with van der Waals surface area (Å²) in [6.07, 6.45) is -1.78. The maximum Gasteiger partial charge on any atom is 0.401 e. The third-order valence-corrected chi connectivity index (χ3v) is 3.37. The first-order valence-corrected chi connectivity index (χ1v) is 5.95. The van der Waals surface area contributed by atoms with E-state index in [0.29, 0.717) is 0 Å². The number of hydrogen-bond acceptors (Lipinski definition) is 2. The molecule has 1 aromatic rings. The number of fused-ring (bicyclic) bond motifs is 1. The fourth-order valence-electron chi connectivity index (χ4n) is 2.63. The zero-order valence-corrected chi connectivity index (χ0v) is 10.2. The van der Waals surface area contributed by atoms with Crippen molar-refractivity contribution >= 4 is 0 Å². The maximum absolute atomic E-state index is 12.4. The second kappa shape index (κ2) is 4.80. The molecular weight excluding hydrogens is 243 g/mol. The number of rotatable bonds is 2. The molecule has 0 amide bonds. The summed E-state index contributed by atoms with van der Waals surface area (Å²) in [6, 6.07) is 4.72. The lowest BCUT2D eigenvalue weighted by Gasteiger charge is -2.33. The number of halogens is 3. The van der Waals surface area contributed by atoms with E-state index in [1.807, 2.05) is 0 Å². The number of phenols is 1. The van der Waals surface area contributed by atoms with Gasteiger partial charge in [0.05, 0.1) is 6.54 Å². The van der Waals surface area contributed by atoms with Gasteiger partial charge in [-0.2, -0.15) is 13.2 Å². The van der Waals surface area contributed by atoms with Gasteiger partial charge in [0.15, 0.2) is 0 Å². The molecule has 5 heteroatoms. The molecule has 0 spiro atoms. The third kappa shape index (κ3) is 2.96. The van der Waals surface area contributed by atoms with E-state index in [2.05, 4.69) is 0 Å². The van der Waals surface area contributed by atoms with Crippen molar-refractivity contribution in [2.24, 2.45) is 0 Å². The number of nitrogens with zero attached hydrogens (tertiary/aromatic N) is 1. The van der Waals surface area contributed by atoms with E-state index in [-0.39, 0.29) is 11.8 Å². The van der Waals surface area contributed by atoms with Crippen LogP contribution in [0.2, 0.25) is 0 Å². The van der Waals surface area contributed by atoms with E-state index in [9.17, 15) is 18.3 Å². The lowest BCUT2D eigenvalue weighted by atomic mass is 9.87. The number of benzene rings is 1. The predicted octanol–water partition coefficient (Wildman–Crippen LogP) is 3.26. The summed E-state index contributed by atoms with van der Waals surface area (Å²) in [4.78, 5) is 1.34. The molecule has 0 bridgehead atoms. The first-order chi connectivity index (χ1) is 8.37. The summed E-state index contributed by atoms with van der Waals surface area (Å²) in [7, 11) is 1.50. The molecule has 100 valence electrons. The molecule has 1 atom stereocenters. The first kappa shape index (κ1) is 13.2. The molecule has 0 aromatic heterocycles. The Bertz CT molecular complexity index is 431. The van der Waals surface area contributed by atoms with Crippen LogP contribution in [0.5, 0.6) is 5.75 Å². The van der Waals surface area contributed by atoms with Gasteiger partial charge >= 0.3 is 6.18 Å². The van der Waals surface area contributed by atoms with Crippen molar-refractivity contribution in [2.45, 2.75) is 31.5 Å². The molecule has 0 fully saturated rings. The van der Waals surface area contributed by atoms with Crippen molar-refractivity contribution in [3.05, 3.63) is 29.3 Å². The average Bonchev–Trinajstić information content (AvgIpc) is 2.25. The highest BCUT2D eigenvalue weighted by molar-refractivity contribution is 5.38. The molecule has 1 aromatic carbocycles. The number of phenolic OH excluding ortho intramolecular Hbond substituents is 1. The van der Waals surface area contributed by atoms with Crippen LogP contribution in [0, 0.1) is 0 Å². The van der Waals surface area contributed by atoms with Gasteiger partial charge in [-0.3, -0.25) is 4.90 Å². The highest BCUT2D eigenvalue weighted by Crippen LogP contribution is 2.36. The molecule has 0 heterocycles. The summed E-state index contributed by atoms with van der Waals surface area (Å²) in [6.45, 7) is -0.905. The normalized spacial score (nSPS) is 19.9. The van der Waals surface area contributed by atoms with Crippen LogP contribution in [0.15, 0.2) is 18.2 Å². The van der Waals surface area contributed by atoms with Crippen LogP contribution < -0.4 is 0 Å². The summed E-state index contributed by atoms with van der Waals surface area (Å²) >= 11 is 0.